The van der Waals surface area contributed by atoms with E-state index in [2.05, 4.69) is 25.3 Å². The van der Waals surface area contributed by atoms with E-state index >= 15 is 0 Å². The van der Waals surface area contributed by atoms with Crippen molar-refractivity contribution in [1.29, 1.82) is 0 Å². The molecule has 0 aromatic carbocycles. The Morgan fingerprint density at radius 2 is 2.19 bits per heavy atom. The number of rotatable bonds is 8. The molecule has 2 amide bonds. The van der Waals surface area contributed by atoms with Gasteiger partial charge in [0.1, 0.15) is 12.7 Å². The number of amides is 2. The lowest BCUT2D eigenvalue weighted by atomic mass is 10.2. The molecule has 2 aliphatic rings. The van der Waals surface area contributed by atoms with Crippen LogP contribution in [0.2, 0.25) is 0 Å². The van der Waals surface area contributed by atoms with E-state index in [-0.39, 0.29) is 41.5 Å². The predicted molar refractivity (Wildman–Crippen MR) is 121 cm³/mol. The van der Waals surface area contributed by atoms with Crippen LogP contribution in [0.25, 0.3) is 11.2 Å². The molecule has 0 spiro atoms. The van der Waals surface area contributed by atoms with Gasteiger partial charge >= 0.3 is 19.5 Å². The Labute approximate surface area is 206 Å². The third kappa shape index (κ3) is 5.98. The van der Waals surface area contributed by atoms with Crippen LogP contribution in [0.15, 0.2) is 27.6 Å². The number of anilines is 1. The molecule has 2 aromatic rings. The summed E-state index contributed by atoms with van der Waals surface area (Å²) in [4.78, 5) is 46.2. The van der Waals surface area contributed by atoms with E-state index < -0.39 is 63.3 Å². The van der Waals surface area contributed by atoms with Crippen LogP contribution in [0.4, 0.5) is 10.7 Å². The van der Waals surface area contributed by atoms with Crippen molar-refractivity contribution in [3.8, 4) is 0 Å². The van der Waals surface area contributed by atoms with Gasteiger partial charge in [0, 0.05) is 6.42 Å². The lowest BCUT2D eigenvalue weighted by Gasteiger charge is -2.18. The number of hydrogen-bond acceptors (Lipinski definition) is 11. The number of urea groups is 1. The number of nitrogens with zero attached hydrogens (tertiary/aromatic N) is 3. The van der Waals surface area contributed by atoms with Gasteiger partial charge in [-0.25, -0.2) is 13.9 Å². The summed E-state index contributed by atoms with van der Waals surface area (Å²) in [7, 11) is -4.79. The number of ether oxygens (including phenoxy) is 2. The molecular weight excluding hydrogens is 521 g/mol. The van der Waals surface area contributed by atoms with Crippen molar-refractivity contribution >= 4 is 36.9 Å². The number of carbonyl (C=O) groups is 1. The van der Waals surface area contributed by atoms with Crippen LogP contribution in [0, 0.1) is 0 Å². The van der Waals surface area contributed by atoms with Gasteiger partial charge in [0.15, 0.2) is 36.3 Å². The Morgan fingerprint density at radius 1 is 1.43 bits per heavy atom. The van der Waals surface area contributed by atoms with Gasteiger partial charge in [-0.2, -0.15) is 4.99 Å². The third-order valence-corrected chi connectivity index (χ3v) is 6.20. The molecule has 4 heterocycles. The van der Waals surface area contributed by atoms with Gasteiger partial charge in [0.25, 0.3) is 11.5 Å². The molecular formula is C17H25N9O10P+. The number of nitrogen functional groups attached to an aromatic ring is 1. The third-order valence-electron chi connectivity index (χ3n) is 5.28. The summed E-state index contributed by atoms with van der Waals surface area (Å²) >= 11 is 0. The zero-order chi connectivity index (χ0) is 26.9. The minimum absolute atomic E-state index is 0.0431. The first-order chi connectivity index (χ1) is 17.5. The molecule has 12 N–H and O–H groups in total. The number of imidazole rings is 1. The molecule has 202 valence electrons. The topological polar surface area (TPSA) is 300 Å². The largest absolute Gasteiger partial charge is 0.527 e. The highest BCUT2D eigenvalue weighted by Gasteiger charge is 2.41. The Kier molecular flexibility index (Phi) is 7.35. The van der Waals surface area contributed by atoms with Crippen molar-refractivity contribution < 1.29 is 47.6 Å². The molecule has 0 saturated carbocycles. The highest BCUT2D eigenvalue weighted by Crippen LogP contribution is 2.48. The maximum Gasteiger partial charge on any atom is 0.527 e. The number of aliphatic hydroxyl groups is 2. The average Bonchev–Trinajstić information content (AvgIpc) is 3.48. The average molecular weight is 546 g/mol. The van der Waals surface area contributed by atoms with Gasteiger partial charge in [-0.05, 0) is 0 Å². The highest BCUT2D eigenvalue weighted by atomic mass is 31.2. The van der Waals surface area contributed by atoms with E-state index in [1.54, 1.807) is 0 Å². The summed E-state index contributed by atoms with van der Waals surface area (Å²) in [5.41, 5.74) is 15.6. The first-order valence-electron chi connectivity index (χ1n) is 10.6. The maximum absolute atomic E-state index is 12.5. The number of H-pyrrole nitrogens is 2. The molecule has 0 aliphatic carbocycles. The fraction of sp³-hybridized carbons (Fsp3) is 0.471. The second-order valence-electron chi connectivity index (χ2n) is 7.92. The molecule has 37 heavy (non-hydrogen) atoms. The summed E-state index contributed by atoms with van der Waals surface area (Å²) in [6, 6.07) is -0.940. The van der Waals surface area contributed by atoms with Crippen molar-refractivity contribution in [1.82, 2.24) is 20.3 Å². The summed E-state index contributed by atoms with van der Waals surface area (Å²) in [5.74, 6) is -1.08. The van der Waals surface area contributed by atoms with Crippen LogP contribution < -0.4 is 32.6 Å². The summed E-state index contributed by atoms with van der Waals surface area (Å²) in [6.45, 7) is -1.27. The molecule has 19 nitrogen and oxygen atoms in total. The number of fused-ring (bicyclic) bond motifs is 1. The summed E-state index contributed by atoms with van der Waals surface area (Å²) in [6.07, 6.45) is -2.84. The number of aliphatic hydroxyl groups excluding tert-OH is 2. The molecule has 0 bridgehead atoms. The number of nitrogens with two attached hydrogens (primary N) is 3. The molecule has 2 aromatic heterocycles. The van der Waals surface area contributed by atoms with Gasteiger partial charge in [-0.3, -0.25) is 24.2 Å². The van der Waals surface area contributed by atoms with Gasteiger partial charge in [0.2, 0.25) is 5.52 Å². The van der Waals surface area contributed by atoms with Crippen molar-refractivity contribution in [2.75, 3.05) is 18.9 Å². The van der Waals surface area contributed by atoms with E-state index in [9.17, 15) is 29.3 Å². The lowest BCUT2D eigenvalue weighted by Crippen LogP contribution is -2.39. The summed E-state index contributed by atoms with van der Waals surface area (Å²) in [5, 5.41) is 22.1. The number of phosphoric acid groups is 1. The molecule has 2 aliphatic heterocycles. The van der Waals surface area contributed by atoms with Crippen LogP contribution in [-0.4, -0.2) is 73.7 Å². The zero-order valence-electron chi connectivity index (χ0n) is 18.9. The zero-order valence-corrected chi connectivity index (χ0v) is 19.8. The van der Waals surface area contributed by atoms with Gasteiger partial charge < -0.3 is 46.7 Å². The number of nitrogens with one attached hydrogen (secondary N) is 3. The number of guanidine groups is 1. The first kappa shape index (κ1) is 26.3. The van der Waals surface area contributed by atoms with Crippen LogP contribution >= 0.6 is 7.82 Å². The van der Waals surface area contributed by atoms with Gasteiger partial charge in [0.05, 0.1) is 19.1 Å². The molecule has 1 saturated heterocycles. The normalized spacial score (nSPS) is 25.1. The van der Waals surface area contributed by atoms with Crippen LogP contribution in [-0.2, 0) is 23.1 Å². The van der Waals surface area contributed by atoms with Crippen molar-refractivity contribution in [3.05, 3.63) is 28.2 Å². The number of aromatic amines is 2. The lowest BCUT2D eigenvalue weighted by molar-refractivity contribution is -0.738. The predicted octanol–water partition coefficient (Wildman–Crippen LogP) is -3.16. The van der Waals surface area contributed by atoms with E-state index in [4.69, 9.17) is 35.7 Å². The Balaban J connectivity index is 1.36. The minimum Gasteiger partial charge on any atom is -0.468 e. The second kappa shape index (κ2) is 10.3. The summed E-state index contributed by atoms with van der Waals surface area (Å²) < 4.78 is 34.9. The monoisotopic (exact) mass is 546 g/mol. The fourth-order valence-electron chi connectivity index (χ4n) is 3.72. The standard InChI is InChI=1S/C17H24N9O10P/c18-15(19)25-17(30)22-10-2-7(8(3-27)34-10)36-37(31,32)33-4-9-6(28)1-11(35-9)26-5-21-12-13(26)23-16(20)24-14(12)29/h5-6,9-11,27-28H,1-4H2,(H9,18,19,20,22,23,24,25,29,30,31,32)/p+1. The Bertz CT molecular complexity index is 1350. The quantitative estimate of drug-likeness (QED) is 0.0683. The fourth-order valence-corrected chi connectivity index (χ4v) is 4.56. The molecule has 4 rings (SSSR count). The highest BCUT2D eigenvalue weighted by molar-refractivity contribution is 7.47. The van der Waals surface area contributed by atoms with Gasteiger partial charge in [-0.1, -0.05) is 4.98 Å². The number of aliphatic imine (C=N–C) groups is 1. The number of hydrogen-bond donors (Lipinski definition) is 9. The Hall–Kier alpha value is -3.74. The minimum atomic E-state index is -4.79. The molecule has 5 unspecified atom stereocenters. The van der Waals surface area contributed by atoms with Crippen LogP contribution in [0.5, 0.6) is 0 Å². The second-order valence-corrected chi connectivity index (χ2v) is 9.30. The van der Waals surface area contributed by atoms with Crippen LogP contribution in [0.3, 0.4) is 0 Å². The SMILES string of the molecule is NC(N)=NC(=O)NC1CC(OP(=O)(O)OCC2OC([n+]3c[nH]c4c(=O)[nH]c(N)nc43)CC2O)=C(CO)O1. The number of aromatic nitrogens is 4. The molecule has 1 fully saturated rings. The van der Waals surface area contributed by atoms with E-state index in [1.165, 1.54) is 10.9 Å². The molecule has 5 atom stereocenters. The van der Waals surface area contributed by atoms with E-state index in [0.717, 1.165) is 0 Å². The Morgan fingerprint density at radius 3 is 2.89 bits per heavy atom. The van der Waals surface area contributed by atoms with E-state index in [1.807, 2.05) is 0 Å². The van der Waals surface area contributed by atoms with Crippen molar-refractivity contribution in [2.24, 2.45) is 16.5 Å². The molecule has 20 heteroatoms. The van der Waals surface area contributed by atoms with Crippen molar-refractivity contribution in [3.63, 3.8) is 0 Å². The first-order valence-corrected chi connectivity index (χ1v) is 12.1. The van der Waals surface area contributed by atoms with Crippen LogP contribution in [0.1, 0.15) is 19.1 Å². The number of phosphoric ester groups is 1. The number of carbonyl (C=O) groups excluding carboxylic acids is 1. The van der Waals surface area contributed by atoms with Crippen molar-refractivity contribution in [2.45, 2.75) is 37.5 Å². The van der Waals surface area contributed by atoms with Gasteiger partial charge in [-0.15, -0.1) is 0 Å². The maximum atomic E-state index is 12.5. The van der Waals surface area contributed by atoms with E-state index in [0.29, 0.717) is 0 Å². The molecule has 0 radical (unpaired) electrons. The smallest absolute Gasteiger partial charge is 0.468 e.